The summed E-state index contributed by atoms with van der Waals surface area (Å²) in [7, 11) is 0. The number of halogens is 6. The van der Waals surface area contributed by atoms with Crippen LogP contribution in [-0.2, 0) is 0 Å². The summed E-state index contributed by atoms with van der Waals surface area (Å²) in [6.07, 6.45) is 0. The molecule has 0 aliphatic heterocycles. The van der Waals surface area contributed by atoms with Crippen LogP contribution in [0.25, 0.3) is 0 Å². The average molecular weight is 247 g/mol. The Morgan fingerprint density at radius 3 is 1.88 bits per heavy atom. The van der Waals surface area contributed by atoms with Crippen molar-refractivity contribution in [2.24, 2.45) is 0 Å². The first-order valence-electron chi connectivity index (χ1n) is 3.72. The summed E-state index contributed by atoms with van der Waals surface area (Å²) in [5, 5.41) is 10.1. The molecule has 1 aliphatic carbocycles. The van der Waals surface area contributed by atoms with Crippen molar-refractivity contribution in [1.82, 2.24) is 0 Å². The van der Waals surface area contributed by atoms with Crippen LogP contribution in [0.4, 0.5) is 26.3 Å². The summed E-state index contributed by atoms with van der Waals surface area (Å²) in [5.74, 6) is -18.2. The van der Waals surface area contributed by atoms with E-state index in [0.717, 1.165) is 0 Å². The van der Waals surface area contributed by atoms with Gasteiger partial charge in [-0.1, -0.05) is 0 Å². The zero-order chi connectivity index (χ0) is 12.9. The van der Waals surface area contributed by atoms with Crippen LogP contribution in [-0.4, -0.2) is 16.6 Å². The Morgan fingerprint density at radius 1 is 1.06 bits per heavy atom. The molecule has 0 fully saturated rings. The summed E-state index contributed by atoms with van der Waals surface area (Å²) >= 11 is 0. The van der Waals surface area contributed by atoms with Crippen molar-refractivity contribution in [1.29, 1.82) is 0 Å². The van der Waals surface area contributed by atoms with Gasteiger partial charge in [0.05, 0.1) is 4.92 Å². The highest BCUT2D eigenvalue weighted by molar-refractivity contribution is 5.40. The van der Waals surface area contributed by atoms with Gasteiger partial charge in [-0.15, -0.1) is 0 Å². The van der Waals surface area contributed by atoms with Crippen molar-refractivity contribution in [3.8, 4) is 0 Å². The topological polar surface area (TPSA) is 43.1 Å². The van der Waals surface area contributed by atoms with Gasteiger partial charge in [-0.05, 0) is 6.92 Å². The highest BCUT2D eigenvalue weighted by atomic mass is 19.3. The summed E-state index contributed by atoms with van der Waals surface area (Å²) in [6.45, 7) is 0.235. The SMILES string of the molecule is CC1=C(F)[C@@](F)([N+](=O)[O-])C(F)=C(F)C1(F)F. The number of nitrogens with zero attached hydrogens (tertiary/aromatic N) is 1. The van der Waals surface area contributed by atoms with Gasteiger partial charge in [0.2, 0.25) is 11.7 Å². The van der Waals surface area contributed by atoms with Gasteiger partial charge >= 0.3 is 11.7 Å². The summed E-state index contributed by atoms with van der Waals surface area (Å²) < 4.78 is 77.0. The van der Waals surface area contributed by atoms with Crippen molar-refractivity contribution in [2.75, 3.05) is 0 Å². The first-order chi connectivity index (χ1) is 7.07. The van der Waals surface area contributed by atoms with Crippen molar-refractivity contribution < 1.29 is 31.3 Å². The number of allylic oxidation sites excluding steroid dienone is 2. The predicted octanol–water partition coefficient (Wildman–Crippen LogP) is 2.97. The molecule has 0 aromatic carbocycles. The molecule has 0 radical (unpaired) electrons. The van der Waals surface area contributed by atoms with Crippen molar-refractivity contribution >= 4 is 0 Å². The lowest BCUT2D eigenvalue weighted by molar-refractivity contribution is -0.588. The van der Waals surface area contributed by atoms with E-state index in [1.807, 2.05) is 0 Å². The van der Waals surface area contributed by atoms with E-state index in [-0.39, 0.29) is 6.92 Å². The zero-order valence-corrected chi connectivity index (χ0v) is 7.53. The van der Waals surface area contributed by atoms with Gasteiger partial charge < -0.3 is 0 Å². The van der Waals surface area contributed by atoms with Crippen LogP contribution in [0.15, 0.2) is 23.1 Å². The van der Waals surface area contributed by atoms with Gasteiger partial charge in [-0.2, -0.15) is 22.0 Å². The third-order valence-corrected chi connectivity index (χ3v) is 2.10. The first kappa shape index (κ1) is 12.5. The van der Waals surface area contributed by atoms with E-state index < -0.39 is 39.7 Å². The molecular formula is C7H3F6NO2. The zero-order valence-electron chi connectivity index (χ0n) is 7.53. The summed E-state index contributed by atoms with van der Waals surface area (Å²) in [4.78, 5) is 7.91. The number of alkyl halides is 3. The summed E-state index contributed by atoms with van der Waals surface area (Å²) in [6, 6.07) is 0. The Kier molecular flexibility index (Phi) is 2.52. The second-order valence-corrected chi connectivity index (χ2v) is 3.02. The molecule has 1 atom stereocenters. The normalized spacial score (nSPS) is 29.7. The van der Waals surface area contributed by atoms with E-state index in [4.69, 9.17) is 0 Å². The maximum atomic E-state index is 13.2. The van der Waals surface area contributed by atoms with Crippen LogP contribution in [0.5, 0.6) is 0 Å². The van der Waals surface area contributed by atoms with Gasteiger partial charge in [0.15, 0.2) is 0 Å². The summed E-state index contributed by atoms with van der Waals surface area (Å²) in [5.41, 5.74) is -1.87. The van der Waals surface area contributed by atoms with Gasteiger partial charge in [0.25, 0.3) is 5.83 Å². The monoisotopic (exact) mass is 247 g/mol. The predicted molar refractivity (Wildman–Crippen MR) is 38.8 cm³/mol. The van der Waals surface area contributed by atoms with Crippen LogP contribution in [0.1, 0.15) is 6.92 Å². The Bertz CT molecular complexity index is 399. The van der Waals surface area contributed by atoms with Gasteiger partial charge in [0.1, 0.15) is 0 Å². The van der Waals surface area contributed by atoms with Crippen LogP contribution < -0.4 is 0 Å². The molecule has 9 heteroatoms. The van der Waals surface area contributed by atoms with Gasteiger partial charge in [0, 0.05) is 5.57 Å². The molecule has 3 nitrogen and oxygen atoms in total. The second-order valence-electron chi connectivity index (χ2n) is 3.02. The molecule has 0 aromatic heterocycles. The smallest absolute Gasteiger partial charge is 0.261 e. The minimum absolute atomic E-state index is 0.235. The molecule has 0 bridgehead atoms. The van der Waals surface area contributed by atoms with E-state index in [0.29, 0.717) is 0 Å². The molecule has 0 amide bonds. The van der Waals surface area contributed by atoms with Gasteiger partial charge in [-0.25, -0.2) is 4.39 Å². The average Bonchev–Trinajstić information content (AvgIpc) is 2.21. The lowest BCUT2D eigenvalue weighted by atomic mass is 9.95. The van der Waals surface area contributed by atoms with E-state index >= 15 is 0 Å². The minimum atomic E-state index is -4.72. The molecule has 0 heterocycles. The largest absolute Gasteiger partial charge is 0.465 e. The molecule has 0 saturated heterocycles. The molecule has 90 valence electrons. The van der Waals surface area contributed by atoms with Crippen LogP contribution >= 0.6 is 0 Å². The first-order valence-corrected chi connectivity index (χ1v) is 3.72. The fourth-order valence-electron chi connectivity index (χ4n) is 1.09. The van der Waals surface area contributed by atoms with Crippen molar-refractivity contribution in [2.45, 2.75) is 18.6 Å². The molecule has 1 aliphatic rings. The molecule has 16 heavy (non-hydrogen) atoms. The Morgan fingerprint density at radius 2 is 1.50 bits per heavy atom. The fraction of sp³-hybridized carbons (Fsp3) is 0.429. The van der Waals surface area contributed by atoms with Crippen molar-refractivity contribution in [3.63, 3.8) is 0 Å². The number of hydrogen-bond acceptors (Lipinski definition) is 2. The molecular weight excluding hydrogens is 244 g/mol. The lowest BCUT2D eigenvalue weighted by Gasteiger charge is -2.25. The number of hydrogen-bond donors (Lipinski definition) is 0. The second kappa shape index (κ2) is 3.22. The minimum Gasteiger partial charge on any atom is -0.261 e. The van der Waals surface area contributed by atoms with E-state index in [1.165, 1.54) is 0 Å². The third kappa shape index (κ3) is 1.23. The Labute approximate surface area is 84.2 Å². The Balaban J connectivity index is 3.60. The highest BCUT2D eigenvalue weighted by Crippen LogP contribution is 2.49. The molecule has 0 N–H and O–H groups in total. The number of rotatable bonds is 1. The maximum absolute atomic E-state index is 13.2. The van der Waals surface area contributed by atoms with E-state index in [1.54, 1.807) is 0 Å². The standard InChI is InChI=1S/C7H3F6NO2/c1-2-3(8)7(13,14(15)16)5(10)4(9)6(2,11)12/h1H3/t7-/m1/s1. The van der Waals surface area contributed by atoms with Crippen LogP contribution in [0.3, 0.4) is 0 Å². The fourth-order valence-corrected chi connectivity index (χ4v) is 1.09. The quantitative estimate of drug-likeness (QED) is 0.309. The maximum Gasteiger partial charge on any atom is 0.465 e. The van der Waals surface area contributed by atoms with Crippen molar-refractivity contribution in [3.05, 3.63) is 33.2 Å². The third-order valence-electron chi connectivity index (χ3n) is 2.10. The van der Waals surface area contributed by atoms with Gasteiger partial charge in [-0.3, -0.25) is 10.1 Å². The molecule has 1 rings (SSSR count). The van der Waals surface area contributed by atoms with E-state index in [2.05, 4.69) is 0 Å². The molecule has 0 saturated carbocycles. The molecule has 0 aromatic rings. The van der Waals surface area contributed by atoms with Crippen LogP contribution in [0, 0.1) is 10.1 Å². The lowest BCUT2D eigenvalue weighted by Crippen LogP contribution is -2.43. The van der Waals surface area contributed by atoms with E-state index in [9.17, 15) is 36.5 Å². The van der Waals surface area contributed by atoms with Crippen LogP contribution in [0.2, 0.25) is 0 Å². The molecule has 0 unspecified atom stereocenters. The molecule has 0 spiro atoms. The number of nitro groups is 1. The highest BCUT2D eigenvalue weighted by Gasteiger charge is 2.65. The Hall–Kier alpha value is -1.54.